The van der Waals surface area contributed by atoms with E-state index in [1.165, 1.54) is 6.07 Å². The van der Waals surface area contributed by atoms with Crippen molar-refractivity contribution in [2.75, 3.05) is 4.90 Å². The van der Waals surface area contributed by atoms with E-state index in [0.717, 1.165) is 34.7 Å². The van der Waals surface area contributed by atoms with Gasteiger partial charge in [-0.3, -0.25) is 4.98 Å². The summed E-state index contributed by atoms with van der Waals surface area (Å²) in [5.74, 6) is 1.91. The fourth-order valence-corrected chi connectivity index (χ4v) is 3.17. The Labute approximate surface area is 160 Å². The first-order valence-corrected chi connectivity index (χ1v) is 9.40. The first-order valence-electron chi connectivity index (χ1n) is 8.61. The monoisotopic (exact) mass is 412 g/mol. The zero-order valence-corrected chi connectivity index (χ0v) is 15.7. The molecule has 3 aromatic rings. The molecule has 1 aromatic carbocycles. The third-order valence-corrected chi connectivity index (χ3v) is 4.87. The van der Waals surface area contributed by atoms with Gasteiger partial charge < -0.3 is 4.90 Å². The molecule has 0 aliphatic heterocycles. The third kappa shape index (κ3) is 4.07. The Morgan fingerprint density at radius 3 is 2.65 bits per heavy atom. The fraction of sp³-hybridized carbons (Fsp3) is 0.250. The summed E-state index contributed by atoms with van der Waals surface area (Å²) in [6.07, 6.45) is 5.85. The summed E-state index contributed by atoms with van der Waals surface area (Å²) in [6, 6.07) is 12.8. The molecule has 1 fully saturated rings. The molecule has 2 aromatic heterocycles. The molecule has 0 amide bonds. The highest BCUT2D eigenvalue weighted by Crippen LogP contribution is 2.38. The van der Waals surface area contributed by atoms with Crippen molar-refractivity contribution >= 4 is 21.7 Å². The van der Waals surface area contributed by atoms with Gasteiger partial charge in [-0.05, 0) is 43.2 Å². The Kier molecular flexibility index (Phi) is 4.93. The number of hydrogen-bond donors (Lipinski definition) is 0. The molecule has 0 radical (unpaired) electrons. The number of pyridine rings is 1. The zero-order chi connectivity index (χ0) is 17.9. The van der Waals surface area contributed by atoms with Crippen molar-refractivity contribution in [1.29, 1.82) is 0 Å². The van der Waals surface area contributed by atoms with E-state index in [1.807, 2.05) is 35.2 Å². The maximum absolute atomic E-state index is 14.4. The van der Waals surface area contributed by atoms with Gasteiger partial charge in [0.2, 0.25) is 0 Å². The smallest absolute Gasteiger partial charge is 0.133 e. The molecule has 0 spiro atoms. The maximum Gasteiger partial charge on any atom is 0.133 e. The molecule has 1 saturated carbocycles. The van der Waals surface area contributed by atoms with Crippen molar-refractivity contribution < 1.29 is 4.39 Å². The summed E-state index contributed by atoms with van der Waals surface area (Å²) in [6.45, 7) is 0.967. The van der Waals surface area contributed by atoms with Gasteiger partial charge in [-0.25, -0.2) is 14.4 Å². The van der Waals surface area contributed by atoms with Gasteiger partial charge in [-0.2, -0.15) is 0 Å². The first kappa shape index (κ1) is 17.1. The molecule has 0 bridgehead atoms. The predicted molar refractivity (Wildman–Crippen MR) is 102 cm³/mol. The molecule has 1 aliphatic rings. The van der Waals surface area contributed by atoms with Gasteiger partial charge in [0.05, 0.1) is 12.2 Å². The van der Waals surface area contributed by atoms with Crippen molar-refractivity contribution in [2.45, 2.75) is 31.8 Å². The van der Waals surface area contributed by atoms with Crippen LogP contribution in [0, 0.1) is 5.82 Å². The molecule has 26 heavy (non-hydrogen) atoms. The normalized spacial score (nSPS) is 13.6. The number of halogens is 2. The molecule has 4 nitrogen and oxygen atoms in total. The van der Waals surface area contributed by atoms with Crippen molar-refractivity contribution in [2.24, 2.45) is 0 Å². The Hall–Kier alpha value is -2.34. The van der Waals surface area contributed by atoms with Crippen molar-refractivity contribution in [1.82, 2.24) is 15.0 Å². The second-order valence-electron chi connectivity index (χ2n) is 6.46. The number of nitrogens with zero attached hydrogens (tertiary/aromatic N) is 4. The van der Waals surface area contributed by atoms with Crippen LogP contribution in [-0.4, -0.2) is 15.0 Å². The second-order valence-corrected chi connectivity index (χ2v) is 7.38. The largest absolute Gasteiger partial charge is 0.346 e. The van der Waals surface area contributed by atoms with Crippen LogP contribution in [0.4, 0.5) is 10.2 Å². The third-order valence-electron chi connectivity index (χ3n) is 4.38. The van der Waals surface area contributed by atoms with Crippen molar-refractivity contribution in [3.63, 3.8) is 0 Å². The van der Waals surface area contributed by atoms with Crippen LogP contribution < -0.4 is 4.90 Å². The van der Waals surface area contributed by atoms with Gasteiger partial charge in [0.25, 0.3) is 0 Å². The standard InChI is InChI=1S/C20H18BrFN4/c21-16-7-6-15(18(22)11-16)12-26(13-17-3-1-2-9-23-17)19-8-10-24-20(25-19)14-4-5-14/h1-3,6-11,14H,4-5,12-13H2. The van der Waals surface area contributed by atoms with Crippen LogP contribution in [0.1, 0.15) is 35.8 Å². The van der Waals surface area contributed by atoms with E-state index < -0.39 is 0 Å². The lowest BCUT2D eigenvalue weighted by molar-refractivity contribution is 0.601. The molecule has 2 heterocycles. The van der Waals surface area contributed by atoms with Crippen LogP contribution in [-0.2, 0) is 13.1 Å². The van der Waals surface area contributed by atoms with E-state index in [4.69, 9.17) is 4.98 Å². The van der Waals surface area contributed by atoms with Crippen LogP contribution in [0.5, 0.6) is 0 Å². The summed E-state index contributed by atoms with van der Waals surface area (Å²) in [5, 5.41) is 0. The number of anilines is 1. The minimum absolute atomic E-state index is 0.234. The first-order chi connectivity index (χ1) is 12.7. The maximum atomic E-state index is 14.4. The lowest BCUT2D eigenvalue weighted by Gasteiger charge is -2.24. The molecule has 0 atom stereocenters. The predicted octanol–water partition coefficient (Wildman–Crippen LogP) is 4.86. The minimum Gasteiger partial charge on any atom is -0.346 e. The Balaban J connectivity index is 1.65. The molecule has 6 heteroatoms. The lowest BCUT2D eigenvalue weighted by atomic mass is 10.2. The average Bonchev–Trinajstić information content (AvgIpc) is 3.49. The van der Waals surface area contributed by atoms with E-state index in [2.05, 4.69) is 25.9 Å². The lowest BCUT2D eigenvalue weighted by Crippen LogP contribution is -2.24. The minimum atomic E-state index is -0.234. The number of hydrogen-bond acceptors (Lipinski definition) is 4. The highest BCUT2D eigenvalue weighted by molar-refractivity contribution is 9.10. The van der Waals surface area contributed by atoms with Gasteiger partial charge in [0.1, 0.15) is 17.5 Å². The summed E-state index contributed by atoms with van der Waals surface area (Å²) in [5.41, 5.74) is 1.53. The number of rotatable bonds is 6. The molecular formula is C20H18BrFN4. The van der Waals surface area contributed by atoms with Gasteiger partial charge in [0, 0.05) is 34.9 Å². The molecule has 0 saturated heterocycles. The van der Waals surface area contributed by atoms with Crippen LogP contribution in [0.25, 0.3) is 0 Å². The van der Waals surface area contributed by atoms with Crippen LogP contribution in [0.2, 0.25) is 0 Å². The topological polar surface area (TPSA) is 41.9 Å². The molecule has 4 rings (SSSR count). The second kappa shape index (κ2) is 7.50. The molecule has 0 unspecified atom stereocenters. The Morgan fingerprint density at radius 2 is 1.92 bits per heavy atom. The van der Waals surface area contributed by atoms with Crippen molar-refractivity contribution in [3.8, 4) is 0 Å². The van der Waals surface area contributed by atoms with Gasteiger partial charge in [-0.1, -0.05) is 28.1 Å². The quantitative estimate of drug-likeness (QED) is 0.579. The van der Waals surface area contributed by atoms with Gasteiger partial charge in [0.15, 0.2) is 0 Å². The number of aromatic nitrogens is 3. The molecule has 1 aliphatic carbocycles. The summed E-state index contributed by atoms with van der Waals surface area (Å²) in [4.78, 5) is 15.6. The van der Waals surface area contributed by atoms with Crippen LogP contribution >= 0.6 is 15.9 Å². The van der Waals surface area contributed by atoms with E-state index in [-0.39, 0.29) is 5.82 Å². The van der Waals surface area contributed by atoms with E-state index >= 15 is 0 Å². The molecule has 132 valence electrons. The van der Waals surface area contributed by atoms with Gasteiger partial charge in [-0.15, -0.1) is 0 Å². The fourth-order valence-electron chi connectivity index (χ4n) is 2.84. The summed E-state index contributed by atoms with van der Waals surface area (Å²) >= 11 is 3.31. The number of benzene rings is 1. The summed E-state index contributed by atoms with van der Waals surface area (Å²) in [7, 11) is 0. The highest BCUT2D eigenvalue weighted by Gasteiger charge is 2.27. The van der Waals surface area contributed by atoms with Crippen LogP contribution in [0.15, 0.2) is 59.3 Å². The zero-order valence-electron chi connectivity index (χ0n) is 14.1. The Bertz CT molecular complexity index is 899. The highest BCUT2D eigenvalue weighted by atomic mass is 79.9. The van der Waals surface area contributed by atoms with Crippen molar-refractivity contribution in [3.05, 3.63) is 82.2 Å². The van der Waals surface area contributed by atoms with E-state index in [0.29, 0.717) is 24.6 Å². The average molecular weight is 413 g/mol. The Morgan fingerprint density at radius 1 is 1.04 bits per heavy atom. The van der Waals surface area contributed by atoms with E-state index in [1.54, 1.807) is 18.5 Å². The summed E-state index contributed by atoms with van der Waals surface area (Å²) < 4.78 is 15.1. The van der Waals surface area contributed by atoms with Gasteiger partial charge >= 0.3 is 0 Å². The van der Waals surface area contributed by atoms with E-state index in [9.17, 15) is 4.39 Å². The van der Waals surface area contributed by atoms with Crippen LogP contribution in [0.3, 0.4) is 0 Å². The molecular weight excluding hydrogens is 395 g/mol. The molecule has 0 N–H and O–H groups in total. The SMILES string of the molecule is Fc1cc(Br)ccc1CN(Cc1ccccn1)c1ccnc(C2CC2)n1.